The third kappa shape index (κ3) is 3.31. The summed E-state index contributed by atoms with van der Waals surface area (Å²) >= 11 is 0. The van der Waals surface area contributed by atoms with Crippen molar-refractivity contribution < 1.29 is 18.5 Å². The normalized spacial score (nSPS) is 20.7. The number of carbonyl (C=O) groups is 1. The topological polar surface area (TPSA) is 93.3 Å². The van der Waals surface area contributed by atoms with Gasteiger partial charge >= 0.3 is 5.97 Å². The second kappa shape index (κ2) is 6.68. The number of hydrogen-bond donors (Lipinski definition) is 2. The van der Waals surface area contributed by atoms with Crippen molar-refractivity contribution in [1.82, 2.24) is 4.98 Å². The highest BCUT2D eigenvalue weighted by Crippen LogP contribution is 2.33. The number of aromatic carboxylic acids is 1. The van der Waals surface area contributed by atoms with Gasteiger partial charge in [0.15, 0.2) is 0 Å². The summed E-state index contributed by atoms with van der Waals surface area (Å²) in [6.07, 6.45) is 3.35. The predicted molar refractivity (Wildman–Crippen MR) is 90.9 cm³/mol. The monoisotopic (exact) mass is 348 g/mol. The average Bonchev–Trinajstić information content (AvgIpc) is 2.55. The van der Waals surface area contributed by atoms with Gasteiger partial charge in [0.25, 0.3) is 0 Å². The van der Waals surface area contributed by atoms with Gasteiger partial charge in [0.1, 0.15) is 11.6 Å². The molecule has 126 valence electrons. The molecule has 0 unspecified atom stereocenters. The van der Waals surface area contributed by atoms with E-state index in [2.05, 4.69) is 4.98 Å². The third-order valence-corrected chi connectivity index (χ3v) is 5.69. The molecule has 1 aliphatic heterocycles. The van der Waals surface area contributed by atoms with Crippen LogP contribution in [0.3, 0.4) is 0 Å². The third-order valence-electron chi connectivity index (χ3n) is 4.31. The highest BCUT2D eigenvalue weighted by atomic mass is 32.2. The largest absolute Gasteiger partial charge is 0.478 e. The van der Waals surface area contributed by atoms with Crippen molar-refractivity contribution in [2.45, 2.75) is 18.8 Å². The summed E-state index contributed by atoms with van der Waals surface area (Å²) in [5.41, 5.74) is 7.60. The van der Waals surface area contributed by atoms with Gasteiger partial charge in [-0.3, -0.25) is 4.21 Å². The molecular formula is C17H17FN2O3S. The van der Waals surface area contributed by atoms with E-state index >= 15 is 0 Å². The molecule has 2 heterocycles. The number of nitrogen functional groups attached to an aromatic ring is 1. The molecule has 1 aromatic heterocycles. The first kappa shape index (κ1) is 16.6. The molecule has 1 fully saturated rings. The first-order chi connectivity index (χ1) is 11.5. The van der Waals surface area contributed by atoms with E-state index in [1.54, 1.807) is 6.20 Å². The van der Waals surface area contributed by atoms with E-state index in [0.29, 0.717) is 22.6 Å². The summed E-state index contributed by atoms with van der Waals surface area (Å²) in [7, 11) is -0.741. The van der Waals surface area contributed by atoms with E-state index in [1.807, 2.05) is 6.07 Å². The molecule has 24 heavy (non-hydrogen) atoms. The molecule has 0 radical (unpaired) electrons. The lowest BCUT2D eigenvalue weighted by Crippen LogP contribution is -2.17. The Kier molecular flexibility index (Phi) is 4.62. The molecule has 1 aliphatic rings. The summed E-state index contributed by atoms with van der Waals surface area (Å²) in [4.78, 5) is 15.1. The number of nitrogens with zero attached hydrogens (tertiary/aromatic N) is 1. The van der Waals surface area contributed by atoms with Gasteiger partial charge in [-0.05, 0) is 48.1 Å². The minimum atomic E-state index is -1.31. The minimum Gasteiger partial charge on any atom is -0.478 e. The summed E-state index contributed by atoms with van der Waals surface area (Å²) in [5, 5.41) is 8.92. The number of pyridine rings is 1. The van der Waals surface area contributed by atoms with Gasteiger partial charge in [0, 0.05) is 34.1 Å². The van der Waals surface area contributed by atoms with Gasteiger partial charge in [-0.2, -0.15) is 0 Å². The van der Waals surface area contributed by atoms with Crippen LogP contribution >= 0.6 is 0 Å². The van der Waals surface area contributed by atoms with Crippen LogP contribution < -0.4 is 5.73 Å². The van der Waals surface area contributed by atoms with E-state index < -0.39 is 22.6 Å². The van der Waals surface area contributed by atoms with Crippen LogP contribution in [-0.4, -0.2) is 31.8 Å². The van der Waals surface area contributed by atoms with Crippen molar-refractivity contribution in [3.05, 3.63) is 47.4 Å². The maximum Gasteiger partial charge on any atom is 0.338 e. The average molecular weight is 348 g/mol. The van der Waals surface area contributed by atoms with Crippen LogP contribution in [0.15, 0.2) is 30.5 Å². The van der Waals surface area contributed by atoms with E-state index in [4.69, 9.17) is 10.8 Å². The molecule has 0 bridgehead atoms. The van der Waals surface area contributed by atoms with E-state index in [1.165, 1.54) is 12.1 Å². The zero-order chi connectivity index (χ0) is 17.3. The Bertz CT molecular complexity index is 815. The SMILES string of the molecule is Nc1ncc(C2CCS(=O)CC2)cc1-c1ccc(C(=O)O)c(F)c1. The van der Waals surface area contributed by atoms with Crippen molar-refractivity contribution >= 4 is 22.6 Å². The van der Waals surface area contributed by atoms with Crippen molar-refractivity contribution in [1.29, 1.82) is 0 Å². The number of carboxylic acid groups (broad SMARTS) is 1. The van der Waals surface area contributed by atoms with Crippen LogP contribution in [0.1, 0.15) is 34.7 Å². The molecule has 0 atom stereocenters. The smallest absolute Gasteiger partial charge is 0.338 e. The zero-order valence-electron chi connectivity index (χ0n) is 12.9. The summed E-state index contributed by atoms with van der Waals surface area (Å²) < 4.78 is 25.4. The second-order valence-corrected chi connectivity index (χ2v) is 7.52. The molecule has 3 N–H and O–H groups in total. The van der Waals surface area contributed by atoms with Gasteiger partial charge in [-0.15, -0.1) is 0 Å². The van der Waals surface area contributed by atoms with Gasteiger partial charge in [-0.25, -0.2) is 14.2 Å². The Labute approximate surface area is 141 Å². The number of anilines is 1. The highest BCUT2D eigenvalue weighted by Gasteiger charge is 2.21. The lowest BCUT2D eigenvalue weighted by atomic mass is 9.92. The molecule has 0 amide bonds. The lowest BCUT2D eigenvalue weighted by Gasteiger charge is -2.22. The van der Waals surface area contributed by atoms with Crippen LogP contribution in [0.5, 0.6) is 0 Å². The van der Waals surface area contributed by atoms with Crippen molar-refractivity contribution in [3.8, 4) is 11.1 Å². The lowest BCUT2D eigenvalue weighted by molar-refractivity contribution is 0.0692. The van der Waals surface area contributed by atoms with Crippen molar-refractivity contribution in [2.24, 2.45) is 0 Å². The first-order valence-electron chi connectivity index (χ1n) is 7.59. The maximum absolute atomic E-state index is 13.9. The second-order valence-electron chi connectivity index (χ2n) is 5.82. The molecule has 1 aromatic carbocycles. The summed E-state index contributed by atoms with van der Waals surface area (Å²) in [6.45, 7) is 0. The Hall–Kier alpha value is -2.28. The first-order valence-corrected chi connectivity index (χ1v) is 9.08. The fraction of sp³-hybridized carbons (Fsp3) is 0.294. The molecular weight excluding hydrogens is 331 g/mol. The Balaban J connectivity index is 1.96. The van der Waals surface area contributed by atoms with Crippen LogP contribution in [0.25, 0.3) is 11.1 Å². The maximum atomic E-state index is 13.9. The number of rotatable bonds is 3. The number of benzene rings is 1. The minimum absolute atomic E-state index is 0.262. The molecule has 1 saturated heterocycles. The van der Waals surface area contributed by atoms with E-state index in [-0.39, 0.29) is 17.3 Å². The predicted octanol–water partition coefficient (Wildman–Crippen LogP) is 2.79. The molecule has 0 aliphatic carbocycles. The number of aromatic nitrogens is 1. The molecule has 7 heteroatoms. The van der Waals surface area contributed by atoms with Crippen molar-refractivity contribution in [3.63, 3.8) is 0 Å². The van der Waals surface area contributed by atoms with Crippen molar-refractivity contribution in [2.75, 3.05) is 17.2 Å². The van der Waals surface area contributed by atoms with Gasteiger partial charge in [0.2, 0.25) is 0 Å². The number of nitrogens with two attached hydrogens (primary N) is 1. The number of halogens is 1. The molecule has 2 aromatic rings. The Morgan fingerprint density at radius 1 is 1.29 bits per heavy atom. The number of hydrogen-bond acceptors (Lipinski definition) is 4. The molecule has 5 nitrogen and oxygen atoms in total. The molecule has 0 saturated carbocycles. The fourth-order valence-corrected chi connectivity index (χ4v) is 4.23. The quantitative estimate of drug-likeness (QED) is 0.890. The molecule has 0 spiro atoms. The van der Waals surface area contributed by atoms with Crippen LogP contribution in [-0.2, 0) is 10.8 Å². The Morgan fingerprint density at radius 3 is 2.62 bits per heavy atom. The van der Waals surface area contributed by atoms with Crippen LogP contribution in [0, 0.1) is 5.82 Å². The standard InChI is InChI=1S/C17H17FN2O3S/c18-15-8-11(1-2-13(15)17(21)22)14-7-12(9-20-16(14)19)10-3-5-24(23)6-4-10/h1-2,7-10H,3-6H2,(H2,19,20)(H,21,22). The Morgan fingerprint density at radius 2 is 2.00 bits per heavy atom. The highest BCUT2D eigenvalue weighted by molar-refractivity contribution is 7.85. The number of carboxylic acids is 1. The van der Waals surface area contributed by atoms with Crippen LogP contribution in [0.2, 0.25) is 0 Å². The van der Waals surface area contributed by atoms with E-state index in [0.717, 1.165) is 24.5 Å². The van der Waals surface area contributed by atoms with Gasteiger partial charge in [0.05, 0.1) is 5.56 Å². The van der Waals surface area contributed by atoms with Gasteiger partial charge < -0.3 is 10.8 Å². The summed E-state index contributed by atoms with van der Waals surface area (Å²) in [6, 6.07) is 5.79. The zero-order valence-corrected chi connectivity index (χ0v) is 13.7. The van der Waals surface area contributed by atoms with E-state index in [9.17, 15) is 13.4 Å². The van der Waals surface area contributed by atoms with Crippen LogP contribution in [0.4, 0.5) is 10.2 Å². The summed E-state index contributed by atoms with van der Waals surface area (Å²) in [5.74, 6) is -0.246. The fourth-order valence-electron chi connectivity index (χ4n) is 2.93. The van der Waals surface area contributed by atoms with Gasteiger partial charge in [-0.1, -0.05) is 6.07 Å². The molecule has 3 rings (SSSR count).